The molecule has 0 aromatic heterocycles. The van der Waals surface area contributed by atoms with Crippen LogP contribution in [-0.2, 0) is 16.2 Å². The monoisotopic (exact) mass is 488 g/mol. The zero-order chi connectivity index (χ0) is 27.1. The Kier molecular flexibility index (Phi) is 7.09. The molecule has 3 rings (SSSR count). The van der Waals surface area contributed by atoms with Crippen molar-refractivity contribution in [3.63, 3.8) is 0 Å². The number of hydrogen-bond acceptors (Lipinski definition) is 4. The Balaban J connectivity index is 2.14. The van der Waals surface area contributed by atoms with Crippen LogP contribution in [0.15, 0.2) is 60.7 Å². The van der Waals surface area contributed by atoms with Crippen LogP contribution in [-0.4, -0.2) is 22.2 Å². The first-order chi connectivity index (χ1) is 16.5. The number of para-hydroxylation sites is 1. The molecule has 190 valence electrons. The molecule has 0 unspecified atom stereocenters. The van der Waals surface area contributed by atoms with E-state index >= 15 is 0 Å². The first-order valence-electron chi connectivity index (χ1n) is 12.1. The van der Waals surface area contributed by atoms with E-state index in [0.717, 1.165) is 11.1 Å². The highest BCUT2D eigenvalue weighted by molar-refractivity contribution is 5.98. The minimum Gasteiger partial charge on any atom is -0.507 e. The molecule has 0 saturated carbocycles. The molecule has 0 aliphatic heterocycles. The molecular formula is C31H36O5. The van der Waals surface area contributed by atoms with Crippen molar-refractivity contribution in [3.05, 3.63) is 94.0 Å². The van der Waals surface area contributed by atoms with Gasteiger partial charge in [0.05, 0.1) is 0 Å². The normalized spacial score (nSPS) is 12.3. The van der Waals surface area contributed by atoms with E-state index in [0.29, 0.717) is 11.1 Å². The van der Waals surface area contributed by atoms with Gasteiger partial charge >= 0.3 is 11.9 Å². The Labute approximate surface area is 213 Å². The smallest absolute Gasteiger partial charge is 0.347 e. The lowest BCUT2D eigenvalue weighted by Crippen LogP contribution is -2.23. The molecule has 3 aromatic carbocycles. The van der Waals surface area contributed by atoms with E-state index in [1.54, 1.807) is 18.2 Å². The number of aromatic carboxylic acids is 1. The third-order valence-electron chi connectivity index (χ3n) is 6.61. The van der Waals surface area contributed by atoms with Crippen molar-refractivity contribution in [1.82, 2.24) is 0 Å². The molecule has 0 aliphatic rings. The minimum absolute atomic E-state index is 0.000114. The number of esters is 1. The highest BCUT2D eigenvalue weighted by Crippen LogP contribution is 2.41. The molecule has 5 heteroatoms. The summed E-state index contributed by atoms with van der Waals surface area (Å²) in [5.74, 6) is -2.18. The van der Waals surface area contributed by atoms with E-state index < -0.39 is 22.8 Å². The Morgan fingerprint density at radius 1 is 0.694 bits per heavy atom. The second-order valence-corrected chi connectivity index (χ2v) is 11.8. The average Bonchev–Trinajstić information content (AvgIpc) is 2.78. The van der Waals surface area contributed by atoms with E-state index in [4.69, 9.17) is 4.74 Å². The fraction of sp³-hybridized carbons (Fsp3) is 0.355. The van der Waals surface area contributed by atoms with Gasteiger partial charge in [-0.3, -0.25) is 0 Å². The van der Waals surface area contributed by atoms with Gasteiger partial charge in [0.25, 0.3) is 0 Å². The van der Waals surface area contributed by atoms with Crippen LogP contribution in [0.3, 0.4) is 0 Å². The van der Waals surface area contributed by atoms with Crippen LogP contribution >= 0.6 is 0 Å². The predicted octanol–water partition coefficient (Wildman–Crippen LogP) is 7.23. The molecule has 0 atom stereocenters. The molecule has 0 amide bonds. The van der Waals surface area contributed by atoms with Crippen molar-refractivity contribution in [1.29, 1.82) is 0 Å². The Bertz CT molecular complexity index is 1290. The average molecular weight is 489 g/mol. The molecule has 0 bridgehead atoms. The molecule has 0 aliphatic carbocycles. The number of carbonyl (C=O) groups is 2. The third-order valence-corrected chi connectivity index (χ3v) is 6.61. The Morgan fingerprint density at radius 2 is 1.31 bits per heavy atom. The maximum atomic E-state index is 13.4. The number of carbonyl (C=O) groups excluding carboxylic acids is 1. The number of phenolic OH excluding ortho intramolecular Hbond substituents is 1. The maximum absolute atomic E-state index is 13.4. The minimum atomic E-state index is -1.18. The van der Waals surface area contributed by atoms with Crippen LogP contribution in [0.25, 0.3) is 0 Å². The number of carboxylic acids is 1. The van der Waals surface area contributed by atoms with Crippen LogP contribution in [0.5, 0.6) is 11.5 Å². The summed E-state index contributed by atoms with van der Waals surface area (Å²) < 4.78 is 5.79. The van der Waals surface area contributed by atoms with Gasteiger partial charge in [-0.2, -0.15) is 0 Å². The molecule has 5 nitrogen and oxygen atoms in total. The van der Waals surface area contributed by atoms with Gasteiger partial charge in [-0.1, -0.05) is 104 Å². The summed E-state index contributed by atoms with van der Waals surface area (Å²) >= 11 is 0. The second kappa shape index (κ2) is 9.45. The van der Waals surface area contributed by atoms with E-state index in [1.807, 2.05) is 91.8 Å². The van der Waals surface area contributed by atoms with Crippen LogP contribution in [0.4, 0.5) is 0 Å². The largest absolute Gasteiger partial charge is 0.507 e. The summed E-state index contributed by atoms with van der Waals surface area (Å²) in [5.41, 5.74) is 1.50. The van der Waals surface area contributed by atoms with Gasteiger partial charge in [0, 0.05) is 16.5 Å². The number of carboxylic acid groups (broad SMARTS) is 1. The van der Waals surface area contributed by atoms with E-state index in [9.17, 15) is 19.8 Å². The summed E-state index contributed by atoms with van der Waals surface area (Å²) in [6, 6.07) is 18.1. The predicted molar refractivity (Wildman–Crippen MR) is 142 cm³/mol. The zero-order valence-electron chi connectivity index (χ0n) is 22.4. The number of rotatable bonds is 5. The molecule has 0 heterocycles. The van der Waals surface area contributed by atoms with Crippen LogP contribution in [0.2, 0.25) is 0 Å². The van der Waals surface area contributed by atoms with Gasteiger partial charge in [0.15, 0.2) is 0 Å². The standard InChI is InChI=1S/C31H36O5/c1-29(2,3)20-17-22(27(33)34)26(24(18-20)30(4,5)6)36-28(35)21-15-12-16-23(25(21)32)31(7,8)19-13-10-9-11-14-19/h9-18,32H,1-8H3,(H,33,34). The third kappa shape index (κ3) is 5.30. The molecule has 36 heavy (non-hydrogen) atoms. The molecular weight excluding hydrogens is 452 g/mol. The summed E-state index contributed by atoms with van der Waals surface area (Å²) in [6.45, 7) is 15.8. The van der Waals surface area contributed by atoms with Crippen LogP contribution in [0.1, 0.15) is 98.4 Å². The van der Waals surface area contributed by atoms with Crippen molar-refractivity contribution in [3.8, 4) is 11.5 Å². The zero-order valence-corrected chi connectivity index (χ0v) is 22.4. The number of ether oxygens (including phenoxy) is 1. The quantitative estimate of drug-likeness (QED) is 0.292. The number of aromatic hydroxyl groups is 1. The molecule has 0 radical (unpaired) electrons. The van der Waals surface area contributed by atoms with Crippen LogP contribution < -0.4 is 4.74 Å². The first-order valence-corrected chi connectivity index (χ1v) is 12.1. The van der Waals surface area contributed by atoms with Crippen molar-refractivity contribution in [2.75, 3.05) is 0 Å². The van der Waals surface area contributed by atoms with Crippen molar-refractivity contribution < 1.29 is 24.5 Å². The Hall–Kier alpha value is -3.60. The highest BCUT2D eigenvalue weighted by Gasteiger charge is 2.32. The molecule has 3 aromatic rings. The maximum Gasteiger partial charge on any atom is 0.347 e. The fourth-order valence-corrected chi connectivity index (χ4v) is 4.26. The lowest BCUT2D eigenvalue weighted by atomic mass is 9.77. The first kappa shape index (κ1) is 27.0. The van der Waals surface area contributed by atoms with Crippen molar-refractivity contribution in [2.24, 2.45) is 0 Å². The van der Waals surface area contributed by atoms with Gasteiger partial charge < -0.3 is 14.9 Å². The van der Waals surface area contributed by atoms with Crippen molar-refractivity contribution in [2.45, 2.75) is 71.6 Å². The SMILES string of the molecule is CC(C)(C)c1cc(C(=O)O)c(OC(=O)c2cccc(C(C)(C)c3ccccc3)c2O)c(C(C)(C)C)c1. The number of hydrogen-bond donors (Lipinski definition) is 2. The fourth-order valence-electron chi connectivity index (χ4n) is 4.26. The van der Waals surface area contributed by atoms with Gasteiger partial charge in [-0.25, -0.2) is 9.59 Å². The number of phenols is 1. The molecule has 0 saturated heterocycles. The topological polar surface area (TPSA) is 83.8 Å². The Morgan fingerprint density at radius 3 is 1.83 bits per heavy atom. The van der Waals surface area contributed by atoms with Gasteiger partial charge in [0.1, 0.15) is 22.6 Å². The summed E-state index contributed by atoms with van der Waals surface area (Å²) in [6.07, 6.45) is 0. The van der Waals surface area contributed by atoms with E-state index in [2.05, 4.69) is 0 Å². The van der Waals surface area contributed by atoms with Gasteiger partial charge in [0.2, 0.25) is 0 Å². The summed E-state index contributed by atoms with van der Waals surface area (Å²) in [7, 11) is 0. The molecule has 2 N–H and O–H groups in total. The van der Waals surface area contributed by atoms with E-state index in [1.165, 1.54) is 6.07 Å². The van der Waals surface area contributed by atoms with Gasteiger partial charge in [-0.15, -0.1) is 0 Å². The summed E-state index contributed by atoms with van der Waals surface area (Å²) in [5, 5.41) is 21.2. The van der Waals surface area contributed by atoms with Crippen molar-refractivity contribution >= 4 is 11.9 Å². The van der Waals surface area contributed by atoms with E-state index in [-0.39, 0.29) is 28.0 Å². The number of benzene rings is 3. The molecule has 0 fully saturated rings. The van der Waals surface area contributed by atoms with Gasteiger partial charge in [-0.05, 0) is 34.1 Å². The lowest BCUT2D eigenvalue weighted by Gasteiger charge is -2.29. The summed E-state index contributed by atoms with van der Waals surface area (Å²) in [4.78, 5) is 25.7. The molecule has 0 spiro atoms. The van der Waals surface area contributed by atoms with Crippen LogP contribution in [0, 0.1) is 0 Å². The highest BCUT2D eigenvalue weighted by atomic mass is 16.5. The lowest BCUT2D eigenvalue weighted by molar-refractivity contribution is 0.0679. The second-order valence-electron chi connectivity index (χ2n) is 11.8.